The Labute approximate surface area is 117 Å². The summed E-state index contributed by atoms with van der Waals surface area (Å²) in [6.07, 6.45) is 3.48. The molecule has 1 aliphatic heterocycles. The van der Waals surface area contributed by atoms with Crippen molar-refractivity contribution in [2.45, 2.75) is 32.3 Å². The van der Waals surface area contributed by atoms with Crippen LogP contribution in [0.25, 0.3) is 0 Å². The number of aryl methyl sites for hydroxylation is 1. The summed E-state index contributed by atoms with van der Waals surface area (Å²) in [5, 5.41) is 14.3. The molecular weight excluding hydrogens is 268 g/mol. The third kappa shape index (κ3) is 3.58. The second-order valence-corrected chi connectivity index (χ2v) is 5.13. The maximum absolute atomic E-state index is 10.7. The molecule has 0 aromatic heterocycles. The van der Waals surface area contributed by atoms with E-state index in [9.17, 15) is 10.1 Å². The van der Waals surface area contributed by atoms with E-state index in [2.05, 4.69) is 5.32 Å². The third-order valence-electron chi connectivity index (χ3n) is 3.28. The van der Waals surface area contributed by atoms with E-state index >= 15 is 0 Å². The van der Waals surface area contributed by atoms with Gasteiger partial charge in [-0.25, -0.2) is 0 Å². The molecule has 0 bridgehead atoms. The van der Waals surface area contributed by atoms with Crippen molar-refractivity contribution in [2.24, 2.45) is 0 Å². The first kappa shape index (κ1) is 14.1. The predicted octanol–water partition coefficient (Wildman–Crippen LogP) is 3.54. The molecule has 104 valence electrons. The van der Waals surface area contributed by atoms with Gasteiger partial charge in [0.1, 0.15) is 0 Å². The van der Waals surface area contributed by atoms with Crippen molar-refractivity contribution in [1.29, 1.82) is 0 Å². The van der Waals surface area contributed by atoms with Crippen molar-refractivity contribution < 1.29 is 9.66 Å². The lowest BCUT2D eigenvalue weighted by molar-refractivity contribution is -0.384. The van der Waals surface area contributed by atoms with E-state index in [1.54, 1.807) is 0 Å². The monoisotopic (exact) mass is 284 g/mol. The van der Waals surface area contributed by atoms with Crippen LogP contribution in [0.5, 0.6) is 0 Å². The first-order chi connectivity index (χ1) is 9.08. The highest BCUT2D eigenvalue weighted by molar-refractivity contribution is 6.33. The van der Waals surface area contributed by atoms with Crippen LogP contribution in [0.15, 0.2) is 12.1 Å². The van der Waals surface area contributed by atoms with E-state index in [4.69, 9.17) is 16.3 Å². The average molecular weight is 285 g/mol. The molecule has 1 unspecified atom stereocenters. The van der Waals surface area contributed by atoms with Gasteiger partial charge in [-0.2, -0.15) is 0 Å². The van der Waals surface area contributed by atoms with Crippen LogP contribution in [0.4, 0.5) is 11.4 Å². The summed E-state index contributed by atoms with van der Waals surface area (Å²) in [6, 6.07) is 2.91. The highest BCUT2D eigenvalue weighted by atomic mass is 35.5. The molecule has 0 aliphatic carbocycles. The zero-order chi connectivity index (χ0) is 13.8. The highest BCUT2D eigenvalue weighted by Crippen LogP contribution is 2.30. The molecule has 6 heteroatoms. The molecule has 1 fully saturated rings. The van der Waals surface area contributed by atoms with E-state index in [-0.39, 0.29) is 5.69 Å². The van der Waals surface area contributed by atoms with Gasteiger partial charge in [0, 0.05) is 25.3 Å². The molecule has 0 radical (unpaired) electrons. The fourth-order valence-corrected chi connectivity index (χ4v) is 2.61. The van der Waals surface area contributed by atoms with Crippen molar-refractivity contribution in [3.8, 4) is 0 Å². The summed E-state index contributed by atoms with van der Waals surface area (Å²) in [7, 11) is 0. The number of non-ortho nitro benzene ring substituents is 1. The number of nitro benzene ring substituents is 1. The molecule has 0 saturated carbocycles. The molecule has 19 heavy (non-hydrogen) atoms. The maximum Gasteiger partial charge on any atom is 0.271 e. The smallest absolute Gasteiger partial charge is 0.271 e. The summed E-state index contributed by atoms with van der Waals surface area (Å²) < 4.78 is 5.54. The van der Waals surface area contributed by atoms with Crippen molar-refractivity contribution in [1.82, 2.24) is 0 Å². The van der Waals surface area contributed by atoms with E-state index < -0.39 is 4.92 Å². The molecule has 5 nitrogen and oxygen atoms in total. The minimum absolute atomic E-state index is 0.0205. The topological polar surface area (TPSA) is 64.4 Å². The van der Waals surface area contributed by atoms with Crippen LogP contribution in [-0.2, 0) is 4.74 Å². The molecule has 1 heterocycles. The van der Waals surface area contributed by atoms with Crippen LogP contribution >= 0.6 is 11.6 Å². The number of nitro groups is 1. The number of anilines is 1. The van der Waals surface area contributed by atoms with E-state index in [1.807, 2.05) is 6.92 Å². The summed E-state index contributed by atoms with van der Waals surface area (Å²) in [5.74, 6) is 0. The number of rotatable bonds is 5. The Bertz CT molecular complexity index is 450. The Morgan fingerprint density at radius 1 is 1.58 bits per heavy atom. The first-order valence-corrected chi connectivity index (χ1v) is 6.75. The lowest BCUT2D eigenvalue weighted by atomic mass is 10.1. The van der Waals surface area contributed by atoms with Gasteiger partial charge in [0.15, 0.2) is 0 Å². The van der Waals surface area contributed by atoms with Gasteiger partial charge in [-0.1, -0.05) is 11.6 Å². The minimum atomic E-state index is -0.435. The van der Waals surface area contributed by atoms with Crippen molar-refractivity contribution in [2.75, 3.05) is 18.5 Å². The molecule has 1 aromatic carbocycles. The minimum Gasteiger partial charge on any atom is -0.384 e. The summed E-state index contributed by atoms with van der Waals surface area (Å²) in [6.45, 7) is 3.41. The molecule has 0 spiro atoms. The Morgan fingerprint density at radius 3 is 2.95 bits per heavy atom. The fraction of sp³-hybridized carbons (Fsp3) is 0.538. The van der Waals surface area contributed by atoms with E-state index in [0.717, 1.165) is 43.7 Å². The highest BCUT2D eigenvalue weighted by Gasteiger charge is 2.16. The first-order valence-electron chi connectivity index (χ1n) is 6.38. The van der Waals surface area contributed by atoms with Gasteiger partial charge >= 0.3 is 0 Å². The summed E-state index contributed by atoms with van der Waals surface area (Å²) in [5.41, 5.74) is 1.57. The Hall–Kier alpha value is -1.33. The lowest BCUT2D eigenvalue weighted by Crippen LogP contribution is -2.13. The Kier molecular flexibility index (Phi) is 4.61. The van der Waals surface area contributed by atoms with Crippen molar-refractivity contribution in [3.05, 3.63) is 32.8 Å². The number of ether oxygens (including phenoxy) is 1. The van der Waals surface area contributed by atoms with Crippen molar-refractivity contribution in [3.63, 3.8) is 0 Å². The van der Waals surface area contributed by atoms with Gasteiger partial charge in [0.2, 0.25) is 0 Å². The number of hydrogen-bond donors (Lipinski definition) is 1. The molecule has 1 aliphatic rings. The molecule has 1 atom stereocenters. The van der Waals surface area contributed by atoms with Crippen LogP contribution in [-0.4, -0.2) is 24.2 Å². The number of nitrogens with zero attached hydrogens (tertiary/aromatic N) is 1. The second-order valence-electron chi connectivity index (χ2n) is 4.73. The number of nitrogens with one attached hydrogen (secondary N) is 1. The van der Waals surface area contributed by atoms with Crippen LogP contribution in [0, 0.1) is 17.0 Å². The van der Waals surface area contributed by atoms with Gasteiger partial charge < -0.3 is 10.1 Å². The maximum atomic E-state index is 10.7. The Morgan fingerprint density at radius 2 is 2.37 bits per heavy atom. The molecule has 1 N–H and O–H groups in total. The average Bonchev–Trinajstić information content (AvgIpc) is 2.85. The van der Waals surface area contributed by atoms with E-state index in [0.29, 0.717) is 11.1 Å². The normalized spacial score (nSPS) is 18.5. The van der Waals surface area contributed by atoms with Crippen LogP contribution in [0.3, 0.4) is 0 Å². The standard InChI is InChI=1S/C13H17ClN2O3/c1-9-7-10(16(17)18)8-12(14)13(9)15-5-4-11-3-2-6-19-11/h7-8,11,15H,2-6H2,1H3. The van der Waals surface area contributed by atoms with Gasteiger partial charge in [-0.3, -0.25) is 10.1 Å². The zero-order valence-corrected chi connectivity index (χ0v) is 11.6. The fourth-order valence-electron chi connectivity index (χ4n) is 2.29. The van der Waals surface area contributed by atoms with Gasteiger partial charge in [0.25, 0.3) is 5.69 Å². The summed E-state index contributed by atoms with van der Waals surface area (Å²) >= 11 is 6.08. The van der Waals surface area contributed by atoms with Crippen LogP contribution < -0.4 is 5.32 Å². The molecule has 1 saturated heterocycles. The zero-order valence-electron chi connectivity index (χ0n) is 10.8. The molecular formula is C13H17ClN2O3. The molecule has 1 aromatic rings. The lowest BCUT2D eigenvalue weighted by Gasteiger charge is -2.14. The second kappa shape index (κ2) is 6.21. The largest absolute Gasteiger partial charge is 0.384 e. The quantitative estimate of drug-likeness (QED) is 0.663. The van der Waals surface area contributed by atoms with Crippen LogP contribution in [0.2, 0.25) is 5.02 Å². The summed E-state index contributed by atoms with van der Waals surface area (Å²) in [4.78, 5) is 10.3. The molecule has 0 amide bonds. The van der Waals surface area contributed by atoms with Gasteiger partial charge in [0.05, 0.1) is 21.7 Å². The Balaban J connectivity index is 1.97. The van der Waals surface area contributed by atoms with Crippen molar-refractivity contribution >= 4 is 23.0 Å². The number of benzene rings is 1. The van der Waals surface area contributed by atoms with E-state index in [1.165, 1.54) is 12.1 Å². The number of halogens is 1. The third-order valence-corrected chi connectivity index (χ3v) is 3.57. The van der Waals surface area contributed by atoms with Crippen LogP contribution in [0.1, 0.15) is 24.8 Å². The predicted molar refractivity (Wildman–Crippen MR) is 74.9 cm³/mol. The molecule has 2 rings (SSSR count). The number of hydrogen-bond acceptors (Lipinski definition) is 4. The van der Waals surface area contributed by atoms with Gasteiger partial charge in [-0.05, 0) is 31.7 Å². The SMILES string of the molecule is Cc1cc([N+](=O)[O-])cc(Cl)c1NCCC1CCCO1. The van der Waals surface area contributed by atoms with Gasteiger partial charge in [-0.15, -0.1) is 0 Å².